The number of urea groups is 1. The molecule has 2 aromatic rings. The van der Waals surface area contributed by atoms with Gasteiger partial charge in [0.15, 0.2) is 0 Å². The predicted molar refractivity (Wildman–Crippen MR) is 127 cm³/mol. The van der Waals surface area contributed by atoms with E-state index >= 15 is 0 Å². The number of nitrogens with zero attached hydrogens (tertiary/aromatic N) is 3. The van der Waals surface area contributed by atoms with Crippen LogP contribution in [-0.4, -0.2) is 43.5 Å². The standard InChI is InChI=1S/C23H31N5O4S.Na.H/c1-15-21(14-24-27(15)2)28(18-9-11-32-12-10-18)33(30,31)26-23(29)25-22-19-7-3-5-16(19)13-17-6-4-8-20(17)22;;/h13-14,18H,3-12H2,1-2H3,(H2,25,26,29);;/q;+1;-1. The molecule has 3 aliphatic rings. The number of carbonyl (C=O) groups excluding carboxylic acids is 1. The summed E-state index contributed by atoms with van der Waals surface area (Å²) in [6.07, 6.45) is 8.60. The largest absolute Gasteiger partial charge is 1.00 e. The molecule has 0 spiro atoms. The fourth-order valence-electron chi connectivity index (χ4n) is 5.42. The van der Waals surface area contributed by atoms with E-state index in [1.807, 2.05) is 6.92 Å². The van der Waals surface area contributed by atoms with Gasteiger partial charge in [0.05, 0.1) is 23.6 Å². The van der Waals surface area contributed by atoms with Crippen LogP contribution in [0.15, 0.2) is 12.3 Å². The van der Waals surface area contributed by atoms with Crippen molar-refractivity contribution in [3.05, 3.63) is 40.2 Å². The normalized spacial score (nSPS) is 17.6. The third kappa shape index (κ3) is 4.75. The summed E-state index contributed by atoms with van der Waals surface area (Å²) >= 11 is 0. The Morgan fingerprint density at radius 2 is 1.76 bits per heavy atom. The number of carbonyl (C=O) groups is 1. The van der Waals surface area contributed by atoms with Gasteiger partial charge in [-0.05, 0) is 80.5 Å². The first kappa shape index (κ1) is 25.5. The first-order valence-corrected chi connectivity index (χ1v) is 13.1. The van der Waals surface area contributed by atoms with Gasteiger partial charge in [-0.3, -0.25) is 4.68 Å². The average molecular weight is 498 g/mol. The topological polar surface area (TPSA) is 106 Å². The monoisotopic (exact) mass is 497 g/mol. The molecule has 2 N–H and O–H groups in total. The second-order valence-electron chi connectivity index (χ2n) is 9.17. The van der Waals surface area contributed by atoms with Crippen LogP contribution in [0.1, 0.15) is 55.1 Å². The van der Waals surface area contributed by atoms with Gasteiger partial charge in [0.2, 0.25) is 0 Å². The number of rotatable bonds is 5. The summed E-state index contributed by atoms with van der Waals surface area (Å²) in [6, 6.07) is 1.25. The summed E-state index contributed by atoms with van der Waals surface area (Å²) in [5.74, 6) is 0. The van der Waals surface area contributed by atoms with Crippen LogP contribution in [0, 0.1) is 6.92 Å². The van der Waals surface area contributed by atoms with Gasteiger partial charge in [-0.1, -0.05) is 6.07 Å². The van der Waals surface area contributed by atoms with Crippen molar-refractivity contribution in [3.63, 3.8) is 0 Å². The van der Waals surface area contributed by atoms with Gasteiger partial charge in [0.25, 0.3) is 0 Å². The van der Waals surface area contributed by atoms with Gasteiger partial charge in [-0.2, -0.15) is 13.5 Å². The molecule has 0 saturated carbocycles. The van der Waals surface area contributed by atoms with Crippen LogP contribution in [0.2, 0.25) is 0 Å². The summed E-state index contributed by atoms with van der Waals surface area (Å²) in [5.41, 5.74) is 6.89. The number of nitrogens with one attached hydrogen (secondary N) is 2. The van der Waals surface area contributed by atoms with Gasteiger partial charge in [-0.25, -0.2) is 13.8 Å². The maximum absolute atomic E-state index is 13.5. The molecule has 5 rings (SSSR count). The minimum Gasteiger partial charge on any atom is -1.00 e. The Morgan fingerprint density at radius 1 is 1.15 bits per heavy atom. The molecular weight excluding hydrogens is 465 g/mol. The SMILES string of the molecule is Cc1c(N(C2CCOCC2)S(=O)(=O)NC(=O)Nc2c3c(cc4c2CCC4)CCC3)cnn1C.[H-].[Na+]. The number of ether oxygens (including phenoxy) is 1. The Hall–Kier alpha value is -1.59. The Balaban J connectivity index is 0.00000171. The van der Waals surface area contributed by atoms with Crippen molar-refractivity contribution in [1.29, 1.82) is 0 Å². The maximum atomic E-state index is 13.5. The van der Waals surface area contributed by atoms with Crippen molar-refractivity contribution in [3.8, 4) is 0 Å². The quantitative estimate of drug-likeness (QED) is 0.560. The van der Waals surface area contributed by atoms with E-state index in [1.54, 1.807) is 17.9 Å². The summed E-state index contributed by atoms with van der Waals surface area (Å²) in [7, 11) is -2.40. The number of amides is 2. The molecule has 2 aliphatic carbocycles. The number of aromatic nitrogens is 2. The van der Waals surface area contributed by atoms with Crippen molar-refractivity contribution in [2.45, 2.75) is 64.3 Å². The minimum absolute atomic E-state index is 0. The van der Waals surface area contributed by atoms with Gasteiger partial charge in [-0.15, -0.1) is 0 Å². The van der Waals surface area contributed by atoms with E-state index in [9.17, 15) is 13.2 Å². The molecule has 0 unspecified atom stereocenters. The zero-order valence-corrected chi connectivity index (χ0v) is 23.0. The van der Waals surface area contributed by atoms with E-state index in [2.05, 4.69) is 21.2 Å². The van der Waals surface area contributed by atoms with Crippen LogP contribution in [0.4, 0.5) is 16.2 Å². The molecule has 0 bridgehead atoms. The van der Waals surface area contributed by atoms with Gasteiger partial charge in [0.1, 0.15) is 0 Å². The van der Waals surface area contributed by atoms with Crippen LogP contribution in [0.5, 0.6) is 0 Å². The third-order valence-electron chi connectivity index (χ3n) is 7.16. The number of anilines is 2. The first-order chi connectivity index (χ1) is 15.8. The minimum atomic E-state index is -4.17. The van der Waals surface area contributed by atoms with Crippen molar-refractivity contribution in [2.24, 2.45) is 7.05 Å². The fraction of sp³-hybridized carbons (Fsp3) is 0.565. The van der Waals surface area contributed by atoms with Crippen molar-refractivity contribution >= 4 is 27.6 Å². The molecule has 9 nitrogen and oxygen atoms in total. The number of hydrogen-bond donors (Lipinski definition) is 2. The summed E-state index contributed by atoms with van der Waals surface area (Å²) in [5, 5.41) is 7.15. The molecular formula is C23H32N5NaO4S. The van der Waals surface area contributed by atoms with Gasteiger partial charge >= 0.3 is 45.8 Å². The molecule has 1 aromatic carbocycles. The Labute approximate surface area is 224 Å². The molecule has 1 saturated heterocycles. The second-order valence-corrected chi connectivity index (χ2v) is 10.7. The van der Waals surface area contributed by atoms with Crippen LogP contribution in [0.3, 0.4) is 0 Å². The number of benzene rings is 1. The zero-order chi connectivity index (χ0) is 23.2. The van der Waals surface area contributed by atoms with E-state index in [1.165, 1.54) is 15.4 Å². The Morgan fingerprint density at radius 3 is 2.32 bits per heavy atom. The van der Waals surface area contributed by atoms with Crippen LogP contribution in [0.25, 0.3) is 0 Å². The first-order valence-electron chi connectivity index (χ1n) is 11.7. The molecule has 11 heteroatoms. The maximum Gasteiger partial charge on any atom is 1.00 e. The Kier molecular flexibility index (Phi) is 7.64. The molecule has 2 heterocycles. The molecule has 0 atom stereocenters. The summed E-state index contributed by atoms with van der Waals surface area (Å²) < 4.78 is 37.7. The molecule has 180 valence electrons. The average Bonchev–Trinajstić information content (AvgIpc) is 3.51. The van der Waals surface area contributed by atoms with Crippen molar-refractivity contribution in [1.82, 2.24) is 14.5 Å². The number of aryl methyl sites for hydroxylation is 3. The van der Waals surface area contributed by atoms with E-state index in [0.29, 0.717) is 37.4 Å². The van der Waals surface area contributed by atoms with E-state index < -0.39 is 16.2 Å². The van der Waals surface area contributed by atoms with Crippen molar-refractivity contribution < 1.29 is 48.9 Å². The van der Waals surface area contributed by atoms with E-state index in [4.69, 9.17) is 4.74 Å². The number of hydrogen-bond acceptors (Lipinski definition) is 5. The van der Waals surface area contributed by atoms with Crippen molar-refractivity contribution in [2.75, 3.05) is 22.8 Å². The third-order valence-corrected chi connectivity index (χ3v) is 8.62. The molecule has 34 heavy (non-hydrogen) atoms. The molecule has 1 aromatic heterocycles. The molecule has 1 fully saturated rings. The second kappa shape index (κ2) is 10.2. The number of fused-ring (bicyclic) bond motifs is 2. The molecule has 0 radical (unpaired) electrons. The molecule has 1 aliphatic heterocycles. The van der Waals surface area contributed by atoms with Gasteiger partial charge in [0, 0.05) is 25.9 Å². The molecule has 2 amide bonds. The zero-order valence-electron chi connectivity index (χ0n) is 21.2. The van der Waals surface area contributed by atoms with Crippen LogP contribution in [-0.2, 0) is 47.7 Å². The smallest absolute Gasteiger partial charge is 1.00 e. The summed E-state index contributed by atoms with van der Waals surface area (Å²) in [6.45, 7) is 2.77. The van der Waals surface area contributed by atoms with E-state index in [0.717, 1.165) is 55.3 Å². The summed E-state index contributed by atoms with van der Waals surface area (Å²) in [4.78, 5) is 13.1. The fourth-order valence-corrected chi connectivity index (χ4v) is 6.84. The Bertz CT molecular complexity index is 1160. The predicted octanol–water partition coefficient (Wildman–Crippen LogP) is -0.126. The van der Waals surface area contributed by atoms with E-state index in [-0.39, 0.29) is 37.0 Å². The van der Waals surface area contributed by atoms with Crippen LogP contribution < -0.4 is 43.9 Å². The van der Waals surface area contributed by atoms with Gasteiger partial charge < -0.3 is 11.5 Å². The van der Waals surface area contributed by atoms with Crippen LogP contribution >= 0.6 is 0 Å².